The second kappa shape index (κ2) is 7.65. The Hall–Kier alpha value is -0.530. The molecule has 21 heavy (non-hydrogen) atoms. The first-order valence-corrected chi connectivity index (χ1v) is 8.26. The van der Waals surface area contributed by atoms with Crippen molar-refractivity contribution in [3.8, 4) is 0 Å². The Bertz CT molecular complexity index is 445. The van der Waals surface area contributed by atoms with E-state index in [9.17, 15) is 5.11 Å². The highest BCUT2D eigenvalue weighted by atomic mass is 35.5. The summed E-state index contributed by atoms with van der Waals surface area (Å²) in [6.45, 7) is 13.3. The van der Waals surface area contributed by atoms with E-state index in [2.05, 4.69) is 59.7 Å². The molecule has 0 aromatic heterocycles. The number of aryl methyl sites for hydroxylation is 1. The summed E-state index contributed by atoms with van der Waals surface area (Å²) in [5, 5.41) is 10.4. The van der Waals surface area contributed by atoms with E-state index in [1.807, 2.05) is 0 Å². The van der Waals surface area contributed by atoms with Crippen molar-refractivity contribution < 1.29 is 5.11 Å². The van der Waals surface area contributed by atoms with Gasteiger partial charge in [-0.05, 0) is 47.3 Å². The average Bonchev–Trinajstić information content (AvgIpc) is 2.36. The largest absolute Gasteiger partial charge is 0.396 e. The van der Waals surface area contributed by atoms with Crippen LogP contribution >= 0.6 is 11.6 Å². The molecule has 1 rings (SSSR count). The molecule has 0 saturated carbocycles. The lowest BCUT2D eigenvalue weighted by molar-refractivity contribution is 0.202. The quantitative estimate of drug-likeness (QED) is 0.733. The molecule has 1 unspecified atom stereocenters. The summed E-state index contributed by atoms with van der Waals surface area (Å²) in [6.07, 6.45) is 2.13. The summed E-state index contributed by atoms with van der Waals surface area (Å²) in [5.74, 6) is 1.84. The van der Waals surface area contributed by atoms with Crippen molar-refractivity contribution in [3.05, 3.63) is 40.3 Å². The zero-order valence-corrected chi connectivity index (χ0v) is 15.1. The van der Waals surface area contributed by atoms with Gasteiger partial charge in [-0.15, -0.1) is 0 Å². The van der Waals surface area contributed by atoms with Crippen molar-refractivity contribution in [1.29, 1.82) is 0 Å². The molecule has 1 N–H and O–H groups in total. The van der Waals surface area contributed by atoms with Gasteiger partial charge in [0.25, 0.3) is 0 Å². The van der Waals surface area contributed by atoms with Gasteiger partial charge in [-0.2, -0.15) is 0 Å². The highest BCUT2D eigenvalue weighted by Gasteiger charge is 2.22. The number of aliphatic hydroxyl groups is 1. The molecule has 0 aliphatic carbocycles. The van der Waals surface area contributed by atoms with Crippen LogP contribution in [0.1, 0.15) is 59.1 Å². The van der Waals surface area contributed by atoms with Crippen LogP contribution in [0.5, 0.6) is 0 Å². The fourth-order valence-corrected chi connectivity index (χ4v) is 2.84. The minimum Gasteiger partial charge on any atom is -0.396 e. The lowest BCUT2D eigenvalue weighted by Crippen LogP contribution is -2.21. The van der Waals surface area contributed by atoms with Crippen molar-refractivity contribution in [2.75, 3.05) is 6.61 Å². The molecule has 0 aliphatic rings. The SMILES string of the molecule is C[C](c1ccc(CCC(C)(C)C)c(Cl)c1)C(CO)C(C)C. The molecule has 0 fully saturated rings. The zero-order chi connectivity index (χ0) is 16.2. The van der Waals surface area contributed by atoms with Crippen LogP contribution in [0.3, 0.4) is 0 Å². The maximum absolute atomic E-state index is 9.57. The smallest absolute Gasteiger partial charge is 0.0470 e. The van der Waals surface area contributed by atoms with E-state index < -0.39 is 0 Å². The van der Waals surface area contributed by atoms with Gasteiger partial charge >= 0.3 is 0 Å². The van der Waals surface area contributed by atoms with Crippen molar-refractivity contribution in [1.82, 2.24) is 0 Å². The molecule has 0 amide bonds. The highest BCUT2D eigenvalue weighted by Crippen LogP contribution is 2.32. The molecule has 1 aromatic carbocycles. The summed E-state index contributed by atoms with van der Waals surface area (Å²) in [4.78, 5) is 0. The Kier molecular flexibility index (Phi) is 6.74. The van der Waals surface area contributed by atoms with Gasteiger partial charge in [0, 0.05) is 17.5 Å². The standard InChI is InChI=1S/C19H30ClO/c1-13(2)17(12-21)14(3)16-8-7-15(18(20)11-16)9-10-19(4,5)6/h7-8,11,13,17,21H,9-10,12H2,1-6H3. The molecule has 1 nitrogen and oxygen atoms in total. The van der Waals surface area contributed by atoms with Gasteiger partial charge in [0.15, 0.2) is 0 Å². The molecule has 0 bridgehead atoms. The molecular formula is C19H30ClO. The third-order valence-electron chi connectivity index (χ3n) is 4.21. The second-order valence-corrected chi connectivity index (χ2v) is 7.99. The minimum atomic E-state index is 0.187. The fraction of sp³-hybridized carbons (Fsp3) is 0.632. The molecule has 2 heteroatoms. The van der Waals surface area contributed by atoms with Crippen molar-refractivity contribution in [3.63, 3.8) is 0 Å². The topological polar surface area (TPSA) is 20.2 Å². The summed E-state index contributed by atoms with van der Waals surface area (Å²) >= 11 is 6.45. The van der Waals surface area contributed by atoms with Crippen LogP contribution in [0.4, 0.5) is 0 Å². The number of hydrogen-bond acceptors (Lipinski definition) is 1. The second-order valence-electron chi connectivity index (χ2n) is 7.58. The van der Waals surface area contributed by atoms with Crippen LogP contribution in [0.2, 0.25) is 5.02 Å². The van der Waals surface area contributed by atoms with Crippen molar-refractivity contribution >= 4 is 11.6 Å². The van der Waals surface area contributed by atoms with Gasteiger partial charge in [-0.1, -0.05) is 65.3 Å². The lowest BCUT2D eigenvalue weighted by Gasteiger charge is -2.26. The first-order chi connectivity index (χ1) is 9.65. The third kappa shape index (κ3) is 5.64. The number of benzene rings is 1. The summed E-state index contributed by atoms with van der Waals surface area (Å²) < 4.78 is 0. The molecule has 1 aromatic rings. The fourth-order valence-electron chi connectivity index (χ4n) is 2.57. The van der Waals surface area contributed by atoms with Gasteiger partial charge in [0.05, 0.1) is 0 Å². The molecule has 0 spiro atoms. The minimum absolute atomic E-state index is 0.187. The Morgan fingerprint density at radius 3 is 2.29 bits per heavy atom. The van der Waals surface area contributed by atoms with Gasteiger partial charge < -0.3 is 5.11 Å². The Morgan fingerprint density at radius 2 is 1.86 bits per heavy atom. The van der Waals surface area contributed by atoms with Crippen LogP contribution in [0, 0.1) is 23.2 Å². The number of halogens is 1. The predicted molar refractivity (Wildman–Crippen MR) is 92.7 cm³/mol. The Morgan fingerprint density at radius 1 is 1.24 bits per heavy atom. The molecule has 119 valence electrons. The Labute approximate surface area is 135 Å². The summed E-state index contributed by atoms with van der Waals surface area (Å²) in [5.41, 5.74) is 2.68. The molecule has 1 atom stereocenters. The number of hydrogen-bond donors (Lipinski definition) is 1. The summed E-state index contributed by atoms with van der Waals surface area (Å²) in [7, 11) is 0. The normalized spacial score (nSPS) is 14.0. The average molecular weight is 310 g/mol. The lowest BCUT2D eigenvalue weighted by atomic mass is 9.80. The van der Waals surface area contributed by atoms with Crippen LogP contribution in [-0.2, 0) is 6.42 Å². The van der Waals surface area contributed by atoms with Gasteiger partial charge in [0.2, 0.25) is 0 Å². The van der Waals surface area contributed by atoms with Crippen LogP contribution < -0.4 is 0 Å². The van der Waals surface area contributed by atoms with Gasteiger partial charge in [0.1, 0.15) is 0 Å². The first kappa shape index (κ1) is 18.5. The number of rotatable bonds is 6. The molecule has 0 heterocycles. The van der Waals surface area contributed by atoms with E-state index in [0.717, 1.165) is 23.4 Å². The van der Waals surface area contributed by atoms with E-state index >= 15 is 0 Å². The number of aliphatic hydroxyl groups excluding tert-OH is 1. The van der Waals surface area contributed by atoms with Crippen LogP contribution in [-0.4, -0.2) is 11.7 Å². The molecule has 0 saturated heterocycles. The molecule has 1 radical (unpaired) electrons. The van der Waals surface area contributed by atoms with E-state index in [1.54, 1.807) is 0 Å². The van der Waals surface area contributed by atoms with Crippen LogP contribution in [0.25, 0.3) is 0 Å². The first-order valence-electron chi connectivity index (χ1n) is 7.89. The van der Waals surface area contributed by atoms with Crippen molar-refractivity contribution in [2.45, 2.75) is 54.4 Å². The van der Waals surface area contributed by atoms with Gasteiger partial charge in [-0.3, -0.25) is 0 Å². The zero-order valence-electron chi connectivity index (χ0n) is 14.3. The monoisotopic (exact) mass is 309 g/mol. The highest BCUT2D eigenvalue weighted by molar-refractivity contribution is 6.31. The maximum Gasteiger partial charge on any atom is 0.0470 e. The van der Waals surface area contributed by atoms with Crippen molar-refractivity contribution in [2.24, 2.45) is 17.3 Å². The predicted octanol–water partition coefficient (Wildman–Crippen LogP) is 5.53. The third-order valence-corrected chi connectivity index (χ3v) is 4.56. The summed E-state index contributed by atoms with van der Waals surface area (Å²) in [6, 6.07) is 6.34. The molecular weight excluding hydrogens is 280 g/mol. The maximum atomic E-state index is 9.57. The molecule has 0 aliphatic heterocycles. The Balaban J connectivity index is 2.86. The van der Waals surface area contributed by atoms with Gasteiger partial charge in [-0.25, -0.2) is 0 Å². The van der Waals surface area contributed by atoms with E-state index in [-0.39, 0.29) is 12.5 Å². The van der Waals surface area contributed by atoms with E-state index in [1.165, 1.54) is 11.5 Å². The van der Waals surface area contributed by atoms with E-state index in [0.29, 0.717) is 11.3 Å². The van der Waals surface area contributed by atoms with E-state index in [4.69, 9.17) is 11.6 Å². The van der Waals surface area contributed by atoms with Crippen LogP contribution in [0.15, 0.2) is 18.2 Å².